The summed E-state index contributed by atoms with van der Waals surface area (Å²) in [7, 11) is 2.00. The van der Waals surface area contributed by atoms with Crippen LogP contribution in [-0.4, -0.2) is 21.9 Å². The summed E-state index contributed by atoms with van der Waals surface area (Å²) in [5, 5.41) is 8.07. The Kier molecular flexibility index (Phi) is 3.84. The van der Waals surface area contributed by atoms with Gasteiger partial charge >= 0.3 is 0 Å². The van der Waals surface area contributed by atoms with E-state index in [2.05, 4.69) is 24.3 Å². The van der Waals surface area contributed by atoms with Gasteiger partial charge in [0.2, 0.25) is 0 Å². The van der Waals surface area contributed by atoms with Crippen molar-refractivity contribution in [2.24, 2.45) is 12.8 Å². The fraction of sp³-hybridized carbons (Fsp3) is 0.769. The van der Waals surface area contributed by atoms with E-state index in [1.165, 1.54) is 30.5 Å². The van der Waals surface area contributed by atoms with Crippen LogP contribution in [0.2, 0.25) is 0 Å². The lowest BCUT2D eigenvalue weighted by molar-refractivity contribution is 0.338. The smallest absolute Gasteiger partial charge is 0.0641 e. The quantitative estimate of drug-likeness (QED) is 0.834. The third-order valence-electron chi connectivity index (χ3n) is 3.94. The first-order valence-electron chi connectivity index (χ1n) is 6.56. The minimum atomic E-state index is 0.386. The summed E-state index contributed by atoms with van der Waals surface area (Å²) in [5.41, 5.74) is 9.74. The molecule has 0 saturated heterocycles. The van der Waals surface area contributed by atoms with E-state index in [1.54, 1.807) is 0 Å². The zero-order valence-corrected chi connectivity index (χ0v) is 11.2. The first kappa shape index (κ1) is 12.6. The van der Waals surface area contributed by atoms with Crippen molar-refractivity contribution < 1.29 is 0 Å². The van der Waals surface area contributed by atoms with E-state index in [1.807, 2.05) is 11.7 Å². The third kappa shape index (κ3) is 2.87. The second kappa shape index (κ2) is 5.19. The van der Waals surface area contributed by atoms with Gasteiger partial charge in [-0.15, -0.1) is 0 Å². The number of aryl methyl sites for hydroxylation is 2. The highest BCUT2D eigenvalue weighted by Gasteiger charge is 2.19. The number of nitrogens with one attached hydrogen (secondary N) is 1. The summed E-state index contributed by atoms with van der Waals surface area (Å²) < 4.78 is 1.96. The molecule has 96 valence electrons. The second-order valence-electron chi connectivity index (χ2n) is 5.28. The lowest BCUT2D eigenvalue weighted by atomic mass is 9.91. The van der Waals surface area contributed by atoms with Gasteiger partial charge in [0.15, 0.2) is 0 Å². The molecular weight excluding hydrogens is 212 g/mol. The summed E-state index contributed by atoms with van der Waals surface area (Å²) in [6.45, 7) is 5.13. The number of hydrogen-bond donors (Lipinski definition) is 2. The maximum absolute atomic E-state index is 6.00. The van der Waals surface area contributed by atoms with Crippen LogP contribution in [0.25, 0.3) is 0 Å². The van der Waals surface area contributed by atoms with Gasteiger partial charge in [-0.1, -0.05) is 6.42 Å². The fourth-order valence-electron chi connectivity index (χ4n) is 2.73. The Morgan fingerprint density at radius 2 is 2.18 bits per heavy atom. The molecule has 3 N–H and O–H groups in total. The van der Waals surface area contributed by atoms with Gasteiger partial charge in [0.1, 0.15) is 0 Å². The van der Waals surface area contributed by atoms with Crippen LogP contribution in [0.1, 0.15) is 42.6 Å². The van der Waals surface area contributed by atoms with Crippen molar-refractivity contribution in [3.8, 4) is 0 Å². The fourth-order valence-corrected chi connectivity index (χ4v) is 2.73. The van der Waals surface area contributed by atoms with Crippen LogP contribution in [0.5, 0.6) is 0 Å². The minimum Gasteiger partial charge on any atom is -0.328 e. The lowest BCUT2D eigenvalue weighted by Crippen LogP contribution is -2.39. The monoisotopic (exact) mass is 236 g/mol. The number of nitrogens with zero attached hydrogens (tertiary/aromatic N) is 2. The maximum atomic E-state index is 6.00. The van der Waals surface area contributed by atoms with Crippen LogP contribution < -0.4 is 11.1 Å². The van der Waals surface area contributed by atoms with Crippen LogP contribution in [0, 0.1) is 13.8 Å². The molecule has 0 aromatic carbocycles. The molecule has 1 aromatic rings. The molecule has 1 saturated carbocycles. The molecule has 2 rings (SSSR count). The van der Waals surface area contributed by atoms with Gasteiger partial charge in [-0.05, 0) is 33.1 Å². The second-order valence-corrected chi connectivity index (χ2v) is 5.28. The van der Waals surface area contributed by atoms with Crippen LogP contribution >= 0.6 is 0 Å². The molecule has 2 unspecified atom stereocenters. The van der Waals surface area contributed by atoms with Crippen molar-refractivity contribution in [2.75, 3.05) is 0 Å². The highest BCUT2D eigenvalue weighted by Crippen LogP contribution is 2.18. The van der Waals surface area contributed by atoms with Crippen molar-refractivity contribution >= 4 is 0 Å². The summed E-state index contributed by atoms with van der Waals surface area (Å²) >= 11 is 0. The minimum absolute atomic E-state index is 0.386. The predicted molar refractivity (Wildman–Crippen MR) is 69.8 cm³/mol. The Hall–Kier alpha value is -0.870. The Labute approximate surface area is 104 Å². The first-order valence-corrected chi connectivity index (χ1v) is 6.56. The van der Waals surface area contributed by atoms with Gasteiger partial charge in [0.05, 0.1) is 5.69 Å². The van der Waals surface area contributed by atoms with Crippen LogP contribution in [0.4, 0.5) is 0 Å². The summed E-state index contributed by atoms with van der Waals surface area (Å²) in [5.74, 6) is 0. The SMILES string of the molecule is Cc1nn(C)c(C)c1CNC1CCCC(N)C1. The standard InChI is InChI=1S/C13H24N4/c1-9-13(10(2)17(3)16-9)8-15-12-6-4-5-11(14)7-12/h11-12,15H,4-8,14H2,1-3H3. The van der Waals surface area contributed by atoms with Gasteiger partial charge in [-0.3, -0.25) is 4.68 Å². The molecule has 1 fully saturated rings. The van der Waals surface area contributed by atoms with Gasteiger partial charge < -0.3 is 11.1 Å². The topological polar surface area (TPSA) is 55.9 Å². The highest BCUT2D eigenvalue weighted by atomic mass is 15.3. The Balaban J connectivity index is 1.93. The Morgan fingerprint density at radius 1 is 1.41 bits per heavy atom. The summed E-state index contributed by atoms with van der Waals surface area (Å²) in [6, 6.07) is 0.968. The molecule has 0 spiro atoms. The largest absolute Gasteiger partial charge is 0.328 e. The molecule has 4 heteroatoms. The van der Waals surface area contributed by atoms with Crippen molar-refractivity contribution in [1.82, 2.24) is 15.1 Å². The normalized spacial score (nSPS) is 25.2. The van der Waals surface area contributed by atoms with Crippen LogP contribution in [-0.2, 0) is 13.6 Å². The third-order valence-corrected chi connectivity index (χ3v) is 3.94. The molecular formula is C13H24N4. The van der Waals surface area contributed by atoms with E-state index in [9.17, 15) is 0 Å². The molecule has 0 amide bonds. The average molecular weight is 236 g/mol. The lowest BCUT2D eigenvalue weighted by Gasteiger charge is -2.27. The Morgan fingerprint density at radius 3 is 2.76 bits per heavy atom. The summed E-state index contributed by atoms with van der Waals surface area (Å²) in [6.07, 6.45) is 4.80. The van der Waals surface area contributed by atoms with E-state index in [0.29, 0.717) is 12.1 Å². The van der Waals surface area contributed by atoms with Crippen molar-refractivity contribution in [3.05, 3.63) is 17.0 Å². The molecule has 1 aromatic heterocycles. The zero-order valence-electron chi connectivity index (χ0n) is 11.2. The molecule has 1 aliphatic carbocycles. The first-order chi connectivity index (χ1) is 8.08. The van der Waals surface area contributed by atoms with Crippen molar-refractivity contribution in [1.29, 1.82) is 0 Å². The van der Waals surface area contributed by atoms with E-state index in [4.69, 9.17) is 5.73 Å². The molecule has 0 aliphatic heterocycles. The number of aromatic nitrogens is 2. The molecule has 1 aliphatic rings. The van der Waals surface area contributed by atoms with E-state index >= 15 is 0 Å². The summed E-state index contributed by atoms with van der Waals surface area (Å²) in [4.78, 5) is 0. The average Bonchev–Trinajstić information content (AvgIpc) is 2.51. The number of nitrogens with two attached hydrogens (primary N) is 1. The molecule has 17 heavy (non-hydrogen) atoms. The van der Waals surface area contributed by atoms with E-state index < -0.39 is 0 Å². The molecule has 0 radical (unpaired) electrons. The zero-order chi connectivity index (χ0) is 12.4. The van der Waals surface area contributed by atoms with E-state index in [0.717, 1.165) is 18.7 Å². The highest BCUT2D eigenvalue weighted by molar-refractivity contribution is 5.24. The molecule has 0 bridgehead atoms. The van der Waals surface area contributed by atoms with Crippen LogP contribution in [0.3, 0.4) is 0 Å². The van der Waals surface area contributed by atoms with Gasteiger partial charge in [0, 0.05) is 36.9 Å². The van der Waals surface area contributed by atoms with Crippen molar-refractivity contribution in [2.45, 2.75) is 58.2 Å². The molecule has 1 heterocycles. The van der Waals surface area contributed by atoms with Gasteiger partial charge in [-0.2, -0.15) is 5.10 Å². The molecule has 2 atom stereocenters. The van der Waals surface area contributed by atoms with Crippen molar-refractivity contribution in [3.63, 3.8) is 0 Å². The predicted octanol–water partition coefficient (Wildman–Crippen LogP) is 1.40. The van der Waals surface area contributed by atoms with Gasteiger partial charge in [-0.25, -0.2) is 0 Å². The van der Waals surface area contributed by atoms with Gasteiger partial charge in [0.25, 0.3) is 0 Å². The maximum Gasteiger partial charge on any atom is 0.0641 e. The Bertz CT molecular complexity index is 383. The van der Waals surface area contributed by atoms with Crippen LogP contribution in [0.15, 0.2) is 0 Å². The molecule has 4 nitrogen and oxygen atoms in total. The van der Waals surface area contributed by atoms with E-state index in [-0.39, 0.29) is 0 Å². The number of hydrogen-bond acceptors (Lipinski definition) is 3. The number of rotatable bonds is 3.